The summed E-state index contributed by atoms with van der Waals surface area (Å²) in [5.74, 6) is 0.270. The number of carbonyl (C=O) groups excluding carboxylic acids is 2. The van der Waals surface area contributed by atoms with Crippen LogP contribution in [0.15, 0.2) is 53.7 Å². The number of rotatable bonds is 7. The van der Waals surface area contributed by atoms with Crippen LogP contribution in [0, 0.1) is 0 Å². The molecule has 3 aromatic rings. The molecule has 10 heteroatoms. The Labute approximate surface area is 188 Å². The number of halogens is 2. The second-order valence-electron chi connectivity index (χ2n) is 6.42. The van der Waals surface area contributed by atoms with Crippen LogP contribution in [-0.2, 0) is 11.8 Å². The minimum Gasteiger partial charge on any atom is -0.342 e. The first-order valence-corrected chi connectivity index (χ1v) is 10.7. The summed E-state index contributed by atoms with van der Waals surface area (Å²) in [6.07, 6.45) is 0. The Kier molecular flexibility index (Phi) is 7.36. The fourth-order valence-electron chi connectivity index (χ4n) is 2.65. The molecule has 1 atom stereocenters. The molecular weight excluding hydrogens is 445 g/mol. The normalized spacial score (nSPS) is 11.7. The van der Waals surface area contributed by atoms with Gasteiger partial charge in [0.15, 0.2) is 11.0 Å². The van der Waals surface area contributed by atoms with Crippen LogP contribution in [0.4, 0.5) is 5.69 Å². The Morgan fingerprint density at radius 1 is 1.10 bits per heavy atom. The number of benzene rings is 2. The van der Waals surface area contributed by atoms with Crippen LogP contribution in [0.25, 0.3) is 0 Å². The van der Waals surface area contributed by atoms with Crippen molar-refractivity contribution in [3.8, 4) is 0 Å². The van der Waals surface area contributed by atoms with E-state index in [0.717, 1.165) is 0 Å². The number of carbonyl (C=O) groups is 2. The molecule has 3 rings (SSSR count). The van der Waals surface area contributed by atoms with Crippen molar-refractivity contribution in [1.82, 2.24) is 20.1 Å². The zero-order valence-corrected chi connectivity index (χ0v) is 18.6. The van der Waals surface area contributed by atoms with Gasteiger partial charge in [0.05, 0.1) is 22.5 Å². The van der Waals surface area contributed by atoms with Gasteiger partial charge >= 0.3 is 0 Å². The molecule has 0 bridgehead atoms. The topological polar surface area (TPSA) is 88.9 Å². The van der Waals surface area contributed by atoms with Crippen molar-refractivity contribution in [3.05, 3.63) is 70.0 Å². The van der Waals surface area contributed by atoms with Gasteiger partial charge in [0.1, 0.15) is 0 Å². The van der Waals surface area contributed by atoms with E-state index in [1.165, 1.54) is 11.8 Å². The molecule has 1 aromatic heterocycles. The molecule has 0 aliphatic carbocycles. The highest BCUT2D eigenvalue weighted by molar-refractivity contribution is 7.99. The first-order chi connectivity index (χ1) is 14.3. The molecule has 0 aliphatic heterocycles. The summed E-state index contributed by atoms with van der Waals surface area (Å²) < 4.78 is 1.75. The van der Waals surface area contributed by atoms with Crippen LogP contribution < -0.4 is 10.6 Å². The zero-order chi connectivity index (χ0) is 21.7. The fraction of sp³-hybridized carbons (Fsp3) is 0.200. The molecule has 0 unspecified atom stereocenters. The lowest BCUT2D eigenvalue weighted by atomic mass is 10.2. The number of nitrogens with zero attached hydrogens (tertiary/aromatic N) is 3. The van der Waals surface area contributed by atoms with E-state index in [1.807, 2.05) is 6.92 Å². The summed E-state index contributed by atoms with van der Waals surface area (Å²) in [6, 6.07) is 13.3. The Hall–Kier alpha value is -2.55. The number of aromatic nitrogens is 3. The van der Waals surface area contributed by atoms with Gasteiger partial charge in [-0.3, -0.25) is 9.59 Å². The van der Waals surface area contributed by atoms with E-state index in [0.29, 0.717) is 32.3 Å². The Bertz CT molecular complexity index is 1060. The quantitative estimate of drug-likeness (QED) is 0.508. The van der Waals surface area contributed by atoms with Crippen molar-refractivity contribution in [1.29, 1.82) is 0 Å². The van der Waals surface area contributed by atoms with Gasteiger partial charge in [-0.25, -0.2) is 0 Å². The average Bonchev–Trinajstić information content (AvgIpc) is 3.09. The van der Waals surface area contributed by atoms with Crippen LogP contribution >= 0.6 is 35.0 Å². The highest BCUT2D eigenvalue weighted by atomic mass is 35.5. The van der Waals surface area contributed by atoms with Gasteiger partial charge in [-0.05, 0) is 43.3 Å². The number of thioether (sulfide) groups is 1. The summed E-state index contributed by atoms with van der Waals surface area (Å²) in [5, 5.41) is 15.5. The van der Waals surface area contributed by atoms with E-state index in [-0.39, 0.29) is 23.6 Å². The molecule has 2 aromatic carbocycles. The molecule has 0 saturated heterocycles. The van der Waals surface area contributed by atoms with E-state index in [4.69, 9.17) is 23.2 Å². The van der Waals surface area contributed by atoms with E-state index < -0.39 is 0 Å². The smallest absolute Gasteiger partial charge is 0.251 e. The van der Waals surface area contributed by atoms with E-state index in [9.17, 15) is 9.59 Å². The Balaban J connectivity index is 1.58. The predicted octanol–water partition coefficient (Wildman–Crippen LogP) is 4.34. The molecule has 0 fully saturated rings. The maximum Gasteiger partial charge on any atom is 0.251 e. The Morgan fingerprint density at radius 2 is 1.80 bits per heavy atom. The average molecular weight is 464 g/mol. The van der Waals surface area contributed by atoms with Crippen LogP contribution in [0.2, 0.25) is 10.0 Å². The van der Waals surface area contributed by atoms with Crippen molar-refractivity contribution in [2.45, 2.75) is 18.1 Å². The first-order valence-electron chi connectivity index (χ1n) is 8.98. The minimum atomic E-state index is -0.378. The number of hydrogen-bond donors (Lipinski definition) is 2. The number of nitrogens with one attached hydrogen (secondary N) is 2. The number of para-hydroxylation sites is 1. The highest BCUT2D eigenvalue weighted by Crippen LogP contribution is 2.23. The molecule has 0 spiro atoms. The highest BCUT2D eigenvalue weighted by Gasteiger charge is 2.19. The van der Waals surface area contributed by atoms with Crippen LogP contribution in [-0.4, -0.2) is 32.3 Å². The standard InChI is InChI=1S/C20H19Cl2N5O2S/c1-12(23-19(29)13-7-9-14(21)10-8-13)18-25-26-20(27(18)2)30-11-17(28)24-16-6-4-3-5-15(16)22/h3-10,12H,11H2,1-2H3,(H,23,29)(H,24,28)/t12-/m0/s1. The van der Waals surface area contributed by atoms with Gasteiger partial charge in [0, 0.05) is 17.6 Å². The third-order valence-corrected chi connectivity index (χ3v) is 5.79. The second-order valence-corrected chi connectivity index (χ2v) is 8.20. The second kappa shape index (κ2) is 9.97. The van der Waals surface area contributed by atoms with E-state index >= 15 is 0 Å². The molecule has 0 saturated carbocycles. The maximum atomic E-state index is 12.4. The SMILES string of the molecule is C[C@H](NC(=O)c1ccc(Cl)cc1)c1nnc(SCC(=O)Nc2ccccc2Cl)n1C. The third kappa shape index (κ3) is 5.53. The van der Waals surface area contributed by atoms with Gasteiger partial charge < -0.3 is 15.2 Å². The molecule has 2 amide bonds. The Morgan fingerprint density at radius 3 is 2.50 bits per heavy atom. The van der Waals surface area contributed by atoms with Crippen molar-refractivity contribution < 1.29 is 9.59 Å². The van der Waals surface area contributed by atoms with Crippen molar-refractivity contribution >= 4 is 52.5 Å². The van der Waals surface area contributed by atoms with E-state index in [2.05, 4.69) is 20.8 Å². The summed E-state index contributed by atoms with van der Waals surface area (Å²) in [6.45, 7) is 1.82. The van der Waals surface area contributed by atoms with Gasteiger partial charge in [0.25, 0.3) is 5.91 Å². The fourth-order valence-corrected chi connectivity index (χ4v) is 3.68. The first kappa shape index (κ1) is 22.1. The third-order valence-electron chi connectivity index (χ3n) is 4.19. The molecule has 1 heterocycles. The van der Waals surface area contributed by atoms with Crippen LogP contribution in [0.3, 0.4) is 0 Å². The molecule has 156 valence electrons. The lowest BCUT2D eigenvalue weighted by Crippen LogP contribution is -2.28. The van der Waals surface area contributed by atoms with E-state index in [1.54, 1.807) is 60.1 Å². The maximum absolute atomic E-state index is 12.4. The predicted molar refractivity (Wildman–Crippen MR) is 119 cm³/mol. The zero-order valence-electron chi connectivity index (χ0n) is 16.2. The number of amides is 2. The van der Waals surface area contributed by atoms with Gasteiger partial charge in [0.2, 0.25) is 5.91 Å². The van der Waals surface area contributed by atoms with Gasteiger partial charge in [-0.2, -0.15) is 0 Å². The van der Waals surface area contributed by atoms with Crippen molar-refractivity contribution in [2.75, 3.05) is 11.1 Å². The van der Waals surface area contributed by atoms with Crippen LogP contribution in [0.1, 0.15) is 29.1 Å². The molecule has 0 aliphatic rings. The molecular formula is C20H19Cl2N5O2S. The lowest BCUT2D eigenvalue weighted by Gasteiger charge is -2.13. The summed E-state index contributed by atoms with van der Waals surface area (Å²) >= 11 is 13.2. The van der Waals surface area contributed by atoms with Crippen molar-refractivity contribution in [2.24, 2.45) is 7.05 Å². The van der Waals surface area contributed by atoms with Gasteiger partial charge in [-0.15, -0.1) is 10.2 Å². The van der Waals surface area contributed by atoms with Gasteiger partial charge in [-0.1, -0.05) is 47.1 Å². The summed E-state index contributed by atoms with van der Waals surface area (Å²) in [4.78, 5) is 24.6. The molecule has 0 radical (unpaired) electrons. The summed E-state index contributed by atoms with van der Waals surface area (Å²) in [7, 11) is 1.79. The molecule has 7 nitrogen and oxygen atoms in total. The molecule has 2 N–H and O–H groups in total. The number of hydrogen-bond acceptors (Lipinski definition) is 5. The molecule has 30 heavy (non-hydrogen) atoms. The largest absolute Gasteiger partial charge is 0.342 e. The minimum absolute atomic E-state index is 0.142. The lowest BCUT2D eigenvalue weighted by molar-refractivity contribution is -0.113. The summed E-state index contributed by atoms with van der Waals surface area (Å²) in [5.41, 5.74) is 1.06. The number of anilines is 1. The van der Waals surface area contributed by atoms with Crippen LogP contribution in [0.5, 0.6) is 0 Å². The van der Waals surface area contributed by atoms with Crippen molar-refractivity contribution in [3.63, 3.8) is 0 Å². The monoisotopic (exact) mass is 463 g/mol.